The second-order valence-corrected chi connectivity index (χ2v) is 6.40. The van der Waals surface area contributed by atoms with E-state index in [1.54, 1.807) is 0 Å². The second kappa shape index (κ2) is 7.94. The molecule has 0 unspecified atom stereocenters. The number of nitro groups is 1. The number of non-ortho nitro benzene ring substituents is 1. The van der Waals surface area contributed by atoms with E-state index in [9.17, 15) is 24.1 Å². The van der Waals surface area contributed by atoms with Crippen molar-refractivity contribution in [3.63, 3.8) is 0 Å². The second-order valence-electron chi connectivity index (χ2n) is 6.40. The Labute approximate surface area is 155 Å². The van der Waals surface area contributed by atoms with Crippen LogP contribution in [0.3, 0.4) is 0 Å². The van der Waals surface area contributed by atoms with Gasteiger partial charge in [-0.25, -0.2) is 4.39 Å². The van der Waals surface area contributed by atoms with E-state index >= 15 is 0 Å². The van der Waals surface area contributed by atoms with E-state index in [0.29, 0.717) is 11.8 Å². The Kier molecular flexibility index (Phi) is 5.89. The highest BCUT2D eigenvalue weighted by Crippen LogP contribution is 2.22. The highest BCUT2D eigenvalue weighted by Gasteiger charge is 2.21. The summed E-state index contributed by atoms with van der Waals surface area (Å²) in [5.41, 5.74) is 2.76. The van der Waals surface area contributed by atoms with Crippen molar-refractivity contribution in [3.05, 3.63) is 68.5 Å². The third-order valence-electron chi connectivity index (χ3n) is 4.06. The standard InChI is InChI=1S/C19H20FN3O4/c1-11-7-12(2)18(13(3)8-11)21-17(24)10-22(4)19(25)15-6-5-14(23(26)27)9-16(15)20/h5-9H,10H2,1-4H3,(H,21,24). The summed E-state index contributed by atoms with van der Waals surface area (Å²) >= 11 is 0. The Bertz CT molecular complexity index is 904. The molecular weight excluding hydrogens is 353 g/mol. The topological polar surface area (TPSA) is 92.6 Å². The first-order valence-corrected chi connectivity index (χ1v) is 8.17. The summed E-state index contributed by atoms with van der Waals surface area (Å²) in [6.07, 6.45) is 0. The number of rotatable bonds is 5. The lowest BCUT2D eigenvalue weighted by atomic mass is 10.1. The van der Waals surface area contributed by atoms with Gasteiger partial charge in [-0.3, -0.25) is 19.7 Å². The summed E-state index contributed by atoms with van der Waals surface area (Å²) in [7, 11) is 1.36. The molecule has 1 N–H and O–H groups in total. The number of halogens is 1. The van der Waals surface area contributed by atoms with Gasteiger partial charge in [0.25, 0.3) is 11.6 Å². The van der Waals surface area contributed by atoms with Gasteiger partial charge in [0.2, 0.25) is 5.91 Å². The maximum Gasteiger partial charge on any atom is 0.272 e. The first-order chi connectivity index (χ1) is 12.6. The Morgan fingerprint density at radius 1 is 1.15 bits per heavy atom. The van der Waals surface area contributed by atoms with Gasteiger partial charge in [0.05, 0.1) is 23.1 Å². The summed E-state index contributed by atoms with van der Waals surface area (Å²) < 4.78 is 14.0. The Balaban J connectivity index is 2.10. The molecule has 0 heterocycles. The van der Waals surface area contributed by atoms with Gasteiger partial charge in [-0.05, 0) is 38.0 Å². The van der Waals surface area contributed by atoms with Crippen LogP contribution in [0.25, 0.3) is 0 Å². The Morgan fingerprint density at radius 3 is 2.26 bits per heavy atom. The van der Waals surface area contributed by atoms with Crippen molar-refractivity contribution in [2.75, 3.05) is 18.9 Å². The summed E-state index contributed by atoms with van der Waals surface area (Å²) in [5, 5.41) is 13.4. The maximum absolute atomic E-state index is 14.0. The van der Waals surface area contributed by atoms with Crippen LogP contribution in [-0.4, -0.2) is 35.2 Å². The van der Waals surface area contributed by atoms with Crippen LogP contribution in [0.2, 0.25) is 0 Å². The van der Waals surface area contributed by atoms with Gasteiger partial charge in [0.1, 0.15) is 5.82 Å². The fourth-order valence-electron chi connectivity index (χ4n) is 2.84. The number of carbonyl (C=O) groups is 2. The van der Waals surface area contributed by atoms with Gasteiger partial charge in [0, 0.05) is 18.8 Å². The quantitative estimate of drug-likeness (QED) is 0.642. The molecule has 0 aliphatic carbocycles. The molecule has 2 aromatic rings. The normalized spacial score (nSPS) is 10.4. The molecule has 2 rings (SSSR count). The molecule has 0 atom stereocenters. The van der Waals surface area contributed by atoms with Crippen LogP contribution in [0, 0.1) is 36.7 Å². The lowest BCUT2D eigenvalue weighted by molar-refractivity contribution is -0.385. The highest BCUT2D eigenvalue weighted by molar-refractivity contribution is 6.00. The Hall–Kier alpha value is -3.29. The van der Waals surface area contributed by atoms with Crippen LogP contribution in [0.4, 0.5) is 15.8 Å². The summed E-state index contributed by atoms with van der Waals surface area (Å²) in [6.45, 7) is 5.41. The monoisotopic (exact) mass is 373 g/mol. The van der Waals surface area contributed by atoms with Crippen LogP contribution >= 0.6 is 0 Å². The molecule has 0 radical (unpaired) electrons. The van der Waals surface area contributed by atoms with E-state index in [1.165, 1.54) is 7.05 Å². The average Bonchev–Trinajstić information content (AvgIpc) is 2.57. The highest BCUT2D eigenvalue weighted by atomic mass is 19.1. The van der Waals surface area contributed by atoms with Crippen LogP contribution in [-0.2, 0) is 4.79 Å². The number of nitrogens with zero attached hydrogens (tertiary/aromatic N) is 2. The minimum absolute atomic E-state index is 0.290. The molecule has 0 bridgehead atoms. The number of nitro benzene ring substituents is 1. The predicted molar refractivity (Wildman–Crippen MR) is 99.3 cm³/mol. The summed E-state index contributed by atoms with van der Waals surface area (Å²) in [4.78, 5) is 35.6. The van der Waals surface area contributed by atoms with Crippen molar-refractivity contribution in [2.45, 2.75) is 20.8 Å². The number of benzene rings is 2. The van der Waals surface area contributed by atoms with E-state index in [2.05, 4.69) is 5.32 Å². The number of hydrogen-bond donors (Lipinski definition) is 1. The zero-order chi connectivity index (χ0) is 20.3. The number of likely N-dealkylation sites (N-methyl/N-ethyl adjacent to an activating group) is 1. The first-order valence-electron chi connectivity index (χ1n) is 8.17. The predicted octanol–water partition coefficient (Wildman–Crippen LogP) is 3.37. The molecule has 8 heteroatoms. The molecule has 0 saturated heterocycles. The third-order valence-corrected chi connectivity index (χ3v) is 4.06. The van der Waals surface area contributed by atoms with E-state index in [0.717, 1.165) is 33.7 Å². The molecule has 2 amide bonds. The molecule has 27 heavy (non-hydrogen) atoms. The van der Waals surface area contributed by atoms with Crippen molar-refractivity contribution >= 4 is 23.2 Å². The number of carbonyl (C=O) groups excluding carboxylic acids is 2. The van der Waals surface area contributed by atoms with Gasteiger partial charge in [0.15, 0.2) is 0 Å². The number of anilines is 1. The number of hydrogen-bond acceptors (Lipinski definition) is 4. The van der Waals surface area contributed by atoms with Crippen molar-refractivity contribution < 1.29 is 18.9 Å². The SMILES string of the molecule is Cc1cc(C)c(NC(=O)CN(C)C(=O)c2ccc([N+](=O)[O-])cc2F)c(C)c1. The Morgan fingerprint density at radius 2 is 1.74 bits per heavy atom. The third kappa shape index (κ3) is 4.66. The minimum atomic E-state index is -1.01. The van der Waals surface area contributed by atoms with Crippen molar-refractivity contribution in [1.82, 2.24) is 4.90 Å². The zero-order valence-corrected chi connectivity index (χ0v) is 15.5. The average molecular weight is 373 g/mol. The van der Waals surface area contributed by atoms with E-state index in [1.807, 2.05) is 32.9 Å². The maximum atomic E-state index is 14.0. The number of aryl methyl sites for hydroxylation is 3. The summed E-state index contributed by atoms with van der Waals surface area (Å²) in [6, 6.07) is 6.63. The van der Waals surface area contributed by atoms with Gasteiger partial charge >= 0.3 is 0 Å². The fourth-order valence-corrected chi connectivity index (χ4v) is 2.84. The molecule has 142 valence electrons. The molecule has 0 aliphatic heterocycles. The number of nitrogens with one attached hydrogen (secondary N) is 1. The molecule has 0 aliphatic rings. The molecule has 0 saturated carbocycles. The van der Waals surface area contributed by atoms with Gasteiger partial charge < -0.3 is 10.2 Å². The molecule has 0 aromatic heterocycles. The van der Waals surface area contributed by atoms with Crippen molar-refractivity contribution in [1.29, 1.82) is 0 Å². The largest absolute Gasteiger partial charge is 0.332 e. The van der Waals surface area contributed by atoms with E-state index in [-0.39, 0.29) is 12.1 Å². The van der Waals surface area contributed by atoms with Crippen LogP contribution in [0.5, 0.6) is 0 Å². The van der Waals surface area contributed by atoms with Crippen LogP contribution in [0.1, 0.15) is 27.0 Å². The fraction of sp³-hybridized carbons (Fsp3) is 0.263. The minimum Gasteiger partial charge on any atom is -0.332 e. The molecule has 7 nitrogen and oxygen atoms in total. The number of amides is 2. The molecule has 0 spiro atoms. The lowest BCUT2D eigenvalue weighted by Gasteiger charge is -2.18. The van der Waals surface area contributed by atoms with Crippen molar-refractivity contribution in [2.24, 2.45) is 0 Å². The van der Waals surface area contributed by atoms with E-state index < -0.39 is 28.2 Å². The summed E-state index contributed by atoms with van der Waals surface area (Å²) in [5.74, 6) is -2.18. The van der Waals surface area contributed by atoms with Crippen LogP contribution < -0.4 is 5.32 Å². The smallest absolute Gasteiger partial charge is 0.272 e. The lowest BCUT2D eigenvalue weighted by Crippen LogP contribution is -2.35. The zero-order valence-electron chi connectivity index (χ0n) is 15.5. The van der Waals surface area contributed by atoms with E-state index in [4.69, 9.17) is 0 Å². The van der Waals surface area contributed by atoms with Crippen LogP contribution in [0.15, 0.2) is 30.3 Å². The van der Waals surface area contributed by atoms with Gasteiger partial charge in [-0.2, -0.15) is 0 Å². The van der Waals surface area contributed by atoms with Gasteiger partial charge in [-0.1, -0.05) is 17.7 Å². The molecule has 2 aromatic carbocycles. The molecular formula is C19H20FN3O4. The first kappa shape index (κ1) is 20.0. The molecule has 0 fully saturated rings. The van der Waals surface area contributed by atoms with Gasteiger partial charge in [-0.15, -0.1) is 0 Å². The van der Waals surface area contributed by atoms with Crippen molar-refractivity contribution in [3.8, 4) is 0 Å².